The maximum Gasteiger partial charge on any atom is 0.112 e. The number of benzene rings is 12. The Bertz CT molecular complexity index is 4530. The fourth-order valence-corrected chi connectivity index (χ4v) is 17.2. The van der Waals surface area contributed by atoms with Crippen LogP contribution in [0.25, 0.3) is 110 Å². The number of fused-ring (bicyclic) bond motifs is 8. The molecule has 12 aromatic carbocycles. The van der Waals surface area contributed by atoms with Crippen molar-refractivity contribution in [1.82, 2.24) is 9.13 Å². The molecule has 2 nitrogen and oxygen atoms in total. The van der Waals surface area contributed by atoms with Crippen LogP contribution in [-0.4, -0.2) is 25.3 Å². The predicted molar refractivity (Wildman–Crippen MR) is 333 cm³/mol. The molecule has 0 saturated heterocycles. The van der Waals surface area contributed by atoms with Crippen LogP contribution < -0.4 is 20.7 Å². The summed E-state index contributed by atoms with van der Waals surface area (Å²) in [5.74, 6) is 0. The summed E-state index contributed by atoms with van der Waals surface area (Å²) in [6.07, 6.45) is 0. The van der Waals surface area contributed by atoms with Gasteiger partial charge in [0.2, 0.25) is 0 Å². The Morgan fingerprint density at radius 1 is 0.224 bits per heavy atom. The van der Waals surface area contributed by atoms with Gasteiger partial charge in [-0.1, -0.05) is 259 Å². The molecule has 14 aromatic rings. The number of nitrogens with zero attached hydrogens (tertiary/aromatic N) is 2. The van der Waals surface area contributed by atoms with Crippen LogP contribution in [0, 0.1) is 0 Å². The Kier molecular flexibility index (Phi) is 10.8. The first kappa shape index (κ1) is 45.8. The lowest BCUT2D eigenvalue weighted by molar-refractivity contribution is 1.18. The lowest BCUT2D eigenvalue weighted by Crippen LogP contribution is -2.52. The Morgan fingerprint density at radius 2 is 0.566 bits per heavy atom. The molecule has 0 aliphatic rings. The molecule has 0 saturated carbocycles. The summed E-state index contributed by atoms with van der Waals surface area (Å²) >= 11 is 0. The number of hydrogen-bond acceptors (Lipinski definition) is 0. The molecule has 0 spiro atoms. The summed E-state index contributed by atoms with van der Waals surface area (Å²) in [6, 6.07) is 100. The van der Waals surface area contributed by atoms with E-state index >= 15 is 0 Å². The number of para-hydroxylation sites is 4. The smallest absolute Gasteiger partial charge is 0.112 e. The molecule has 0 aliphatic carbocycles. The summed E-state index contributed by atoms with van der Waals surface area (Å²) in [7, 11) is -4.29. The van der Waals surface area contributed by atoms with E-state index in [1.165, 1.54) is 131 Å². The molecule has 14 rings (SSSR count). The van der Waals surface area contributed by atoms with Crippen molar-refractivity contribution >= 4 is 102 Å². The van der Waals surface area contributed by atoms with Gasteiger partial charge in [0.25, 0.3) is 0 Å². The van der Waals surface area contributed by atoms with Gasteiger partial charge in [0.1, 0.15) is 16.1 Å². The molecule has 2 aromatic heterocycles. The Labute approximate surface area is 446 Å². The Balaban J connectivity index is 0.864. The molecule has 0 N–H and O–H groups in total. The molecule has 0 fully saturated rings. The molecule has 0 aliphatic heterocycles. The lowest BCUT2D eigenvalue weighted by atomic mass is 9.85. The van der Waals surface area contributed by atoms with Gasteiger partial charge in [0.05, 0.1) is 22.1 Å². The Hall–Kier alpha value is -8.81. The summed E-state index contributed by atoms with van der Waals surface area (Å²) in [5.41, 5.74) is 14.8. The molecular weight excluding hydrogens is 949 g/mol. The van der Waals surface area contributed by atoms with Crippen molar-refractivity contribution in [2.75, 3.05) is 0 Å². The summed E-state index contributed by atoms with van der Waals surface area (Å²) in [6.45, 7) is 10.0. The van der Waals surface area contributed by atoms with E-state index in [4.69, 9.17) is 0 Å². The van der Waals surface area contributed by atoms with Crippen molar-refractivity contribution in [1.29, 1.82) is 0 Å². The van der Waals surface area contributed by atoms with Crippen molar-refractivity contribution in [2.24, 2.45) is 0 Å². The standard InChI is InChI=1S/C72H56N2Si2/c1-75(2,57-41-44-69-64(47-57)59-26-16-18-30-67(59)73(69)53-22-10-6-11-23-53)55-37-32-50(33-38-55)71-61-28-14-15-29-62(61)72(66-46-52(36-43-63(66)71)49-20-8-5-9-21-49)51-34-39-56(40-35-51)76(3,4)58-42-45-70-65(48-58)60-27-17-19-31-68(60)74(70)54-24-12-7-13-25-54/h5-48H,1-4H3. The molecular formula is C72H56N2Si2. The van der Waals surface area contributed by atoms with E-state index in [0.29, 0.717) is 0 Å². The predicted octanol–water partition coefficient (Wildman–Crippen LogP) is 16.8. The summed E-state index contributed by atoms with van der Waals surface area (Å²) < 4.78 is 4.82. The minimum Gasteiger partial charge on any atom is -0.309 e. The van der Waals surface area contributed by atoms with E-state index in [-0.39, 0.29) is 0 Å². The van der Waals surface area contributed by atoms with Crippen molar-refractivity contribution in [2.45, 2.75) is 26.2 Å². The molecule has 4 heteroatoms. The van der Waals surface area contributed by atoms with Crippen LogP contribution in [-0.2, 0) is 0 Å². The number of hydrogen-bond donors (Lipinski definition) is 0. The Morgan fingerprint density at radius 3 is 1.03 bits per heavy atom. The van der Waals surface area contributed by atoms with Crippen LogP contribution >= 0.6 is 0 Å². The zero-order valence-electron chi connectivity index (χ0n) is 43.3. The monoisotopic (exact) mass is 1000 g/mol. The maximum absolute atomic E-state index is 2.50. The van der Waals surface area contributed by atoms with E-state index in [0.717, 1.165) is 0 Å². The topological polar surface area (TPSA) is 9.86 Å². The largest absolute Gasteiger partial charge is 0.309 e. The average molecular weight is 1010 g/mol. The van der Waals surface area contributed by atoms with E-state index in [9.17, 15) is 0 Å². The minimum absolute atomic E-state index is 1.19. The zero-order valence-corrected chi connectivity index (χ0v) is 45.3. The second kappa shape index (κ2) is 17.9. The third-order valence-electron chi connectivity index (χ3n) is 16.7. The molecule has 76 heavy (non-hydrogen) atoms. The van der Waals surface area contributed by atoms with E-state index < -0.39 is 16.1 Å². The van der Waals surface area contributed by atoms with Crippen LogP contribution in [0.15, 0.2) is 267 Å². The van der Waals surface area contributed by atoms with E-state index in [1.54, 1.807) is 0 Å². The number of aromatic nitrogens is 2. The molecule has 362 valence electrons. The van der Waals surface area contributed by atoms with Gasteiger partial charge in [-0.2, -0.15) is 0 Å². The van der Waals surface area contributed by atoms with E-state index in [2.05, 4.69) is 302 Å². The molecule has 0 atom stereocenters. The van der Waals surface area contributed by atoms with Crippen LogP contribution in [0.3, 0.4) is 0 Å². The number of rotatable bonds is 9. The van der Waals surface area contributed by atoms with Gasteiger partial charge in [0.15, 0.2) is 0 Å². The van der Waals surface area contributed by atoms with Crippen molar-refractivity contribution in [3.8, 4) is 44.8 Å². The fraction of sp³-hybridized carbons (Fsp3) is 0.0556. The van der Waals surface area contributed by atoms with Crippen LogP contribution in [0.2, 0.25) is 26.2 Å². The van der Waals surface area contributed by atoms with Gasteiger partial charge in [-0.15, -0.1) is 0 Å². The first-order valence-corrected chi connectivity index (χ1v) is 32.7. The molecule has 0 amide bonds. The van der Waals surface area contributed by atoms with Crippen molar-refractivity contribution < 1.29 is 0 Å². The summed E-state index contributed by atoms with van der Waals surface area (Å²) in [5, 5.41) is 16.0. The molecule has 0 bridgehead atoms. The van der Waals surface area contributed by atoms with Gasteiger partial charge in [-0.25, -0.2) is 0 Å². The first-order chi connectivity index (χ1) is 37.2. The molecule has 0 radical (unpaired) electrons. The average Bonchev–Trinajstić information content (AvgIpc) is 4.01. The van der Waals surface area contributed by atoms with Gasteiger partial charge in [-0.05, 0) is 110 Å². The second-order valence-corrected chi connectivity index (χ2v) is 30.5. The summed E-state index contributed by atoms with van der Waals surface area (Å²) in [4.78, 5) is 0. The third-order valence-corrected chi connectivity index (χ3v) is 23.8. The van der Waals surface area contributed by atoms with Crippen LogP contribution in [0.5, 0.6) is 0 Å². The molecule has 0 unspecified atom stereocenters. The highest BCUT2D eigenvalue weighted by Gasteiger charge is 2.30. The highest BCUT2D eigenvalue weighted by Crippen LogP contribution is 2.45. The quantitative estimate of drug-likeness (QED) is 0.101. The lowest BCUT2D eigenvalue weighted by Gasteiger charge is -2.25. The van der Waals surface area contributed by atoms with Crippen molar-refractivity contribution in [3.63, 3.8) is 0 Å². The first-order valence-electron chi connectivity index (χ1n) is 26.7. The highest BCUT2D eigenvalue weighted by atomic mass is 28.3. The van der Waals surface area contributed by atoms with Gasteiger partial charge >= 0.3 is 0 Å². The zero-order chi connectivity index (χ0) is 51.1. The van der Waals surface area contributed by atoms with Crippen LogP contribution in [0.1, 0.15) is 0 Å². The molecule has 2 heterocycles. The maximum atomic E-state index is 2.50. The van der Waals surface area contributed by atoms with Crippen LogP contribution in [0.4, 0.5) is 0 Å². The second-order valence-electron chi connectivity index (χ2n) is 21.7. The highest BCUT2D eigenvalue weighted by molar-refractivity contribution is 7.01. The normalized spacial score (nSPS) is 12.2. The van der Waals surface area contributed by atoms with Gasteiger partial charge < -0.3 is 9.13 Å². The SMILES string of the molecule is C[Si](C)(c1ccc(-c2c3ccccc3c(-c3ccc([Si](C)(C)c4ccc5c(c4)c4ccccc4n5-c4ccccc4)cc3)c3cc(-c4ccccc4)ccc23)cc1)c1ccc2c(c1)c1ccccc1n2-c1ccccc1. The third kappa shape index (κ3) is 7.35. The fourth-order valence-electron chi connectivity index (χ4n) is 12.5. The van der Waals surface area contributed by atoms with Crippen molar-refractivity contribution in [3.05, 3.63) is 267 Å². The minimum atomic E-state index is -2.15. The van der Waals surface area contributed by atoms with E-state index in [1.807, 2.05) is 0 Å². The van der Waals surface area contributed by atoms with Gasteiger partial charge in [-0.3, -0.25) is 0 Å². The van der Waals surface area contributed by atoms with Gasteiger partial charge in [0, 0.05) is 32.9 Å².